The summed E-state index contributed by atoms with van der Waals surface area (Å²) in [4.78, 5) is 12.2. The van der Waals surface area contributed by atoms with E-state index < -0.39 is 0 Å². The van der Waals surface area contributed by atoms with Crippen molar-refractivity contribution in [2.75, 3.05) is 11.9 Å². The predicted octanol–water partition coefficient (Wildman–Crippen LogP) is 4.69. The Morgan fingerprint density at radius 1 is 1.21 bits per heavy atom. The molecule has 4 heteroatoms. The zero-order valence-electron chi connectivity index (χ0n) is 14.0. The van der Waals surface area contributed by atoms with Crippen LogP contribution in [0.25, 0.3) is 0 Å². The van der Waals surface area contributed by atoms with E-state index in [0.717, 1.165) is 31.6 Å². The van der Waals surface area contributed by atoms with Crippen molar-refractivity contribution in [3.05, 3.63) is 54.1 Å². The van der Waals surface area contributed by atoms with Crippen molar-refractivity contribution < 1.29 is 14.3 Å². The molecule has 1 atom stereocenters. The van der Waals surface area contributed by atoms with Gasteiger partial charge < -0.3 is 14.8 Å². The van der Waals surface area contributed by atoms with Crippen molar-refractivity contribution in [3.63, 3.8) is 0 Å². The second-order valence-corrected chi connectivity index (χ2v) is 6.13. The van der Waals surface area contributed by atoms with Crippen LogP contribution in [0.5, 0.6) is 11.5 Å². The lowest BCUT2D eigenvalue weighted by Crippen LogP contribution is -2.15. The summed E-state index contributed by atoms with van der Waals surface area (Å²) in [6, 6.07) is 15.3. The van der Waals surface area contributed by atoms with E-state index in [1.165, 1.54) is 5.56 Å². The fourth-order valence-corrected chi connectivity index (χ4v) is 2.77. The summed E-state index contributed by atoms with van der Waals surface area (Å²) >= 11 is 0. The van der Waals surface area contributed by atoms with Crippen molar-refractivity contribution >= 4 is 11.6 Å². The van der Waals surface area contributed by atoms with E-state index in [0.29, 0.717) is 17.9 Å². The van der Waals surface area contributed by atoms with Crippen LogP contribution in [-0.2, 0) is 9.53 Å². The maximum atomic E-state index is 12.2. The fraction of sp³-hybridized carbons (Fsp3) is 0.350. The molecule has 1 N–H and O–H groups in total. The molecule has 1 amide bonds. The van der Waals surface area contributed by atoms with E-state index in [-0.39, 0.29) is 12.0 Å². The van der Waals surface area contributed by atoms with Crippen LogP contribution in [0.1, 0.15) is 31.2 Å². The number of hydrogen-bond donors (Lipinski definition) is 1. The molecule has 0 radical (unpaired) electrons. The molecule has 3 rings (SSSR count). The van der Waals surface area contributed by atoms with E-state index in [2.05, 4.69) is 5.32 Å². The standard InChI is InChI=1S/C20H23NO3/c1-15-8-10-17(11-9-15)24-19-7-3-2-6-18(19)21-20(22)13-12-16-5-4-14-23-16/h2-3,6-11,16H,4-5,12-14H2,1H3,(H,21,22). The molecule has 1 saturated heterocycles. The maximum absolute atomic E-state index is 12.2. The zero-order valence-corrected chi connectivity index (χ0v) is 14.0. The van der Waals surface area contributed by atoms with Crippen molar-refractivity contribution in [2.45, 2.75) is 38.7 Å². The minimum Gasteiger partial charge on any atom is -0.455 e. The Labute approximate surface area is 142 Å². The number of rotatable bonds is 6. The summed E-state index contributed by atoms with van der Waals surface area (Å²) in [6.07, 6.45) is 3.62. The van der Waals surface area contributed by atoms with E-state index >= 15 is 0 Å². The molecular weight excluding hydrogens is 302 g/mol. The molecule has 1 aliphatic rings. The third kappa shape index (κ3) is 4.59. The SMILES string of the molecule is Cc1ccc(Oc2ccccc2NC(=O)CCC2CCCO2)cc1. The second-order valence-electron chi connectivity index (χ2n) is 6.13. The van der Waals surface area contributed by atoms with Gasteiger partial charge in [0.15, 0.2) is 5.75 Å². The Hall–Kier alpha value is -2.33. The van der Waals surface area contributed by atoms with Gasteiger partial charge in [0.25, 0.3) is 0 Å². The van der Waals surface area contributed by atoms with Gasteiger partial charge in [-0.05, 0) is 50.5 Å². The highest BCUT2D eigenvalue weighted by Gasteiger charge is 2.17. The summed E-state index contributed by atoms with van der Waals surface area (Å²) in [5.74, 6) is 1.39. The van der Waals surface area contributed by atoms with Gasteiger partial charge in [-0.25, -0.2) is 0 Å². The maximum Gasteiger partial charge on any atom is 0.224 e. The van der Waals surface area contributed by atoms with Crippen LogP contribution >= 0.6 is 0 Å². The lowest BCUT2D eigenvalue weighted by atomic mass is 10.1. The Morgan fingerprint density at radius 2 is 2.00 bits per heavy atom. The molecule has 126 valence electrons. The number of benzene rings is 2. The lowest BCUT2D eigenvalue weighted by molar-refractivity contribution is -0.116. The third-order valence-corrected chi connectivity index (χ3v) is 4.13. The van der Waals surface area contributed by atoms with Crippen LogP contribution in [0.3, 0.4) is 0 Å². The first-order valence-corrected chi connectivity index (χ1v) is 8.46. The smallest absolute Gasteiger partial charge is 0.224 e. The number of aryl methyl sites for hydroxylation is 1. The Kier molecular flexibility index (Phi) is 5.49. The molecule has 24 heavy (non-hydrogen) atoms. The summed E-state index contributed by atoms with van der Waals surface area (Å²) in [5.41, 5.74) is 1.87. The number of nitrogens with one attached hydrogen (secondary N) is 1. The average Bonchev–Trinajstić information content (AvgIpc) is 3.10. The Bertz CT molecular complexity index is 676. The number of amides is 1. The first-order valence-electron chi connectivity index (χ1n) is 8.46. The molecule has 0 aliphatic carbocycles. The molecular formula is C20H23NO3. The average molecular weight is 325 g/mol. The first kappa shape index (κ1) is 16.5. The fourth-order valence-electron chi connectivity index (χ4n) is 2.77. The van der Waals surface area contributed by atoms with E-state index in [1.807, 2.05) is 55.5 Å². The van der Waals surface area contributed by atoms with Gasteiger partial charge in [0.2, 0.25) is 5.91 Å². The van der Waals surface area contributed by atoms with Crippen molar-refractivity contribution in [2.24, 2.45) is 0 Å². The molecule has 4 nitrogen and oxygen atoms in total. The second kappa shape index (κ2) is 7.97. The van der Waals surface area contributed by atoms with Crippen LogP contribution in [0, 0.1) is 6.92 Å². The van der Waals surface area contributed by atoms with Crippen molar-refractivity contribution in [1.82, 2.24) is 0 Å². The highest BCUT2D eigenvalue weighted by molar-refractivity contribution is 5.92. The van der Waals surface area contributed by atoms with Crippen LogP contribution in [0.2, 0.25) is 0 Å². The zero-order chi connectivity index (χ0) is 16.8. The predicted molar refractivity (Wildman–Crippen MR) is 94.5 cm³/mol. The van der Waals surface area contributed by atoms with Gasteiger partial charge in [0.05, 0.1) is 11.8 Å². The van der Waals surface area contributed by atoms with Gasteiger partial charge in [-0.2, -0.15) is 0 Å². The molecule has 1 fully saturated rings. The third-order valence-electron chi connectivity index (χ3n) is 4.13. The first-order chi connectivity index (χ1) is 11.7. The molecule has 0 saturated carbocycles. The van der Waals surface area contributed by atoms with Crippen molar-refractivity contribution in [3.8, 4) is 11.5 Å². The lowest BCUT2D eigenvalue weighted by Gasteiger charge is -2.13. The van der Waals surface area contributed by atoms with Crippen LogP contribution < -0.4 is 10.1 Å². The minimum atomic E-state index is -0.00884. The van der Waals surface area contributed by atoms with Gasteiger partial charge >= 0.3 is 0 Å². The largest absolute Gasteiger partial charge is 0.455 e. The molecule has 2 aromatic carbocycles. The van der Waals surface area contributed by atoms with E-state index in [4.69, 9.17) is 9.47 Å². The van der Waals surface area contributed by atoms with E-state index in [9.17, 15) is 4.79 Å². The number of ether oxygens (including phenoxy) is 2. The molecule has 2 aromatic rings. The number of carbonyl (C=O) groups excluding carboxylic acids is 1. The number of carbonyl (C=O) groups is 1. The highest BCUT2D eigenvalue weighted by Crippen LogP contribution is 2.29. The summed E-state index contributed by atoms with van der Waals surface area (Å²) < 4.78 is 11.5. The molecule has 1 unspecified atom stereocenters. The summed E-state index contributed by atoms with van der Waals surface area (Å²) in [6.45, 7) is 2.85. The van der Waals surface area contributed by atoms with Crippen LogP contribution in [-0.4, -0.2) is 18.6 Å². The number of hydrogen-bond acceptors (Lipinski definition) is 3. The van der Waals surface area contributed by atoms with Gasteiger partial charge in [0.1, 0.15) is 5.75 Å². The normalized spacial score (nSPS) is 16.8. The number of para-hydroxylation sites is 2. The number of anilines is 1. The van der Waals surface area contributed by atoms with Gasteiger partial charge in [0, 0.05) is 13.0 Å². The Balaban J connectivity index is 1.60. The molecule has 0 aromatic heterocycles. The monoisotopic (exact) mass is 325 g/mol. The molecule has 0 bridgehead atoms. The molecule has 1 aliphatic heterocycles. The molecule has 0 spiro atoms. The van der Waals surface area contributed by atoms with E-state index in [1.54, 1.807) is 0 Å². The van der Waals surface area contributed by atoms with Crippen LogP contribution in [0.4, 0.5) is 5.69 Å². The van der Waals surface area contributed by atoms with Gasteiger partial charge in [-0.1, -0.05) is 29.8 Å². The highest BCUT2D eigenvalue weighted by atomic mass is 16.5. The minimum absolute atomic E-state index is 0.00884. The summed E-state index contributed by atoms with van der Waals surface area (Å²) in [7, 11) is 0. The molecule has 1 heterocycles. The van der Waals surface area contributed by atoms with Gasteiger partial charge in [-0.3, -0.25) is 4.79 Å². The Morgan fingerprint density at radius 3 is 2.75 bits per heavy atom. The summed E-state index contributed by atoms with van der Waals surface area (Å²) in [5, 5.41) is 2.95. The van der Waals surface area contributed by atoms with Gasteiger partial charge in [-0.15, -0.1) is 0 Å². The topological polar surface area (TPSA) is 47.6 Å². The quantitative estimate of drug-likeness (QED) is 0.838. The van der Waals surface area contributed by atoms with Crippen LogP contribution in [0.15, 0.2) is 48.5 Å². The van der Waals surface area contributed by atoms with Crippen molar-refractivity contribution in [1.29, 1.82) is 0 Å².